The third-order valence-electron chi connectivity index (χ3n) is 3.16. The summed E-state index contributed by atoms with van der Waals surface area (Å²) in [4.78, 5) is 0. The van der Waals surface area contributed by atoms with E-state index in [0.29, 0.717) is 5.75 Å². The Morgan fingerprint density at radius 3 is 2.43 bits per heavy atom. The molecule has 0 aliphatic rings. The van der Waals surface area contributed by atoms with Crippen molar-refractivity contribution in [2.45, 2.75) is 13.0 Å². The van der Waals surface area contributed by atoms with Crippen molar-refractivity contribution in [3.8, 4) is 5.75 Å². The average molecular weight is 333 g/mol. The molecule has 0 spiro atoms. The number of aliphatic hydroxyl groups excluding tert-OH is 1. The fourth-order valence-corrected chi connectivity index (χ4v) is 2.50. The molecule has 2 aromatic carbocycles. The zero-order valence-corrected chi connectivity index (χ0v) is 12.8. The molecule has 0 radical (unpaired) electrons. The molecule has 2 aromatic rings. The van der Waals surface area contributed by atoms with Gasteiger partial charge in [0, 0.05) is 11.6 Å². The monoisotopic (exact) mass is 332 g/mol. The zero-order valence-electron chi connectivity index (χ0n) is 11.3. The second kappa shape index (κ2) is 6.18. The van der Waals surface area contributed by atoms with Crippen LogP contribution in [0.2, 0.25) is 10.0 Å². The van der Waals surface area contributed by atoms with Gasteiger partial charge in [0.2, 0.25) is 0 Å². The molecule has 0 aromatic heterocycles. The second-order valence-electron chi connectivity index (χ2n) is 4.50. The Morgan fingerprint density at radius 1 is 1.14 bits per heavy atom. The fourth-order valence-electron chi connectivity index (χ4n) is 1.99. The highest BCUT2D eigenvalue weighted by Crippen LogP contribution is 2.37. The van der Waals surface area contributed by atoms with Crippen LogP contribution in [0.4, 0.5) is 8.78 Å². The van der Waals surface area contributed by atoms with Crippen molar-refractivity contribution in [3.63, 3.8) is 0 Å². The van der Waals surface area contributed by atoms with Gasteiger partial charge in [0.1, 0.15) is 23.5 Å². The largest absolute Gasteiger partial charge is 0.495 e. The number of hydrogen-bond acceptors (Lipinski definition) is 2. The van der Waals surface area contributed by atoms with Gasteiger partial charge >= 0.3 is 0 Å². The van der Waals surface area contributed by atoms with Gasteiger partial charge in [-0.2, -0.15) is 0 Å². The van der Waals surface area contributed by atoms with E-state index in [1.165, 1.54) is 32.2 Å². The van der Waals surface area contributed by atoms with Crippen molar-refractivity contribution in [1.82, 2.24) is 0 Å². The molecule has 2 rings (SSSR count). The first kappa shape index (κ1) is 16.0. The van der Waals surface area contributed by atoms with Crippen LogP contribution in [-0.2, 0) is 0 Å². The van der Waals surface area contributed by atoms with Crippen molar-refractivity contribution in [2.75, 3.05) is 7.11 Å². The summed E-state index contributed by atoms with van der Waals surface area (Å²) < 4.78 is 32.9. The van der Waals surface area contributed by atoms with Crippen LogP contribution in [0.3, 0.4) is 0 Å². The number of aliphatic hydroxyl groups is 1. The van der Waals surface area contributed by atoms with Gasteiger partial charge in [-0.25, -0.2) is 8.78 Å². The topological polar surface area (TPSA) is 29.5 Å². The third-order valence-corrected chi connectivity index (χ3v) is 3.78. The molecular weight excluding hydrogens is 321 g/mol. The summed E-state index contributed by atoms with van der Waals surface area (Å²) in [5, 5.41) is 10.6. The van der Waals surface area contributed by atoms with Crippen LogP contribution in [0.5, 0.6) is 5.75 Å². The molecule has 0 aliphatic carbocycles. The van der Waals surface area contributed by atoms with Crippen molar-refractivity contribution < 1.29 is 18.6 Å². The number of methoxy groups -OCH3 is 1. The van der Waals surface area contributed by atoms with Crippen molar-refractivity contribution in [3.05, 3.63) is 62.6 Å². The number of benzene rings is 2. The SMILES string of the molecule is COc1cc(Cl)c(C(O)c2c(F)ccc(C)c2F)cc1Cl. The Morgan fingerprint density at radius 2 is 1.81 bits per heavy atom. The molecule has 0 saturated heterocycles. The molecule has 6 heteroatoms. The quantitative estimate of drug-likeness (QED) is 0.884. The van der Waals surface area contributed by atoms with Crippen LogP contribution >= 0.6 is 23.2 Å². The van der Waals surface area contributed by atoms with Gasteiger partial charge in [0.25, 0.3) is 0 Å². The lowest BCUT2D eigenvalue weighted by molar-refractivity contribution is 0.209. The first-order valence-corrected chi connectivity index (χ1v) is 6.78. The van der Waals surface area contributed by atoms with Gasteiger partial charge in [-0.1, -0.05) is 29.3 Å². The van der Waals surface area contributed by atoms with Gasteiger partial charge < -0.3 is 9.84 Å². The van der Waals surface area contributed by atoms with Crippen LogP contribution in [0.15, 0.2) is 24.3 Å². The van der Waals surface area contributed by atoms with E-state index < -0.39 is 23.3 Å². The van der Waals surface area contributed by atoms with Crippen molar-refractivity contribution in [2.24, 2.45) is 0 Å². The normalized spacial score (nSPS) is 12.3. The Kier molecular flexibility index (Phi) is 4.71. The minimum atomic E-state index is -1.57. The predicted molar refractivity (Wildman–Crippen MR) is 78.2 cm³/mol. The fraction of sp³-hybridized carbons (Fsp3) is 0.200. The first-order chi connectivity index (χ1) is 9.86. The summed E-state index contributed by atoms with van der Waals surface area (Å²) in [5.41, 5.74) is -0.134. The molecule has 0 saturated carbocycles. The predicted octanol–water partition coefficient (Wildman–Crippen LogP) is 4.67. The summed E-state index contributed by atoms with van der Waals surface area (Å²) in [6.45, 7) is 1.48. The highest BCUT2D eigenvalue weighted by atomic mass is 35.5. The molecule has 0 amide bonds. The molecule has 0 heterocycles. The van der Waals surface area contributed by atoms with Crippen LogP contribution in [0.25, 0.3) is 0 Å². The van der Waals surface area contributed by atoms with Gasteiger partial charge in [0.05, 0.1) is 22.7 Å². The standard InChI is InChI=1S/C15H12Cl2F2O2/c1-7-3-4-11(18)13(14(7)19)15(20)8-5-10(17)12(21-2)6-9(8)16/h3-6,15,20H,1-2H3. The van der Waals surface area contributed by atoms with Gasteiger partial charge in [-0.3, -0.25) is 0 Å². The van der Waals surface area contributed by atoms with Crippen LogP contribution in [-0.4, -0.2) is 12.2 Å². The lowest BCUT2D eigenvalue weighted by Crippen LogP contribution is -2.08. The summed E-state index contributed by atoms with van der Waals surface area (Å²) in [6.07, 6.45) is -1.57. The van der Waals surface area contributed by atoms with E-state index in [4.69, 9.17) is 27.9 Å². The molecule has 21 heavy (non-hydrogen) atoms. The molecule has 0 fully saturated rings. The Labute approximate surface area is 130 Å². The van der Waals surface area contributed by atoms with E-state index in [1.54, 1.807) is 0 Å². The molecular formula is C15H12Cl2F2O2. The minimum absolute atomic E-state index is 0.101. The highest BCUT2D eigenvalue weighted by Gasteiger charge is 2.24. The van der Waals surface area contributed by atoms with E-state index in [1.807, 2.05) is 0 Å². The molecule has 0 bridgehead atoms. The summed E-state index contributed by atoms with van der Waals surface area (Å²) >= 11 is 12.0. The zero-order chi connectivity index (χ0) is 15.7. The minimum Gasteiger partial charge on any atom is -0.495 e. The molecule has 0 aliphatic heterocycles. The van der Waals surface area contributed by atoms with Crippen molar-refractivity contribution >= 4 is 23.2 Å². The van der Waals surface area contributed by atoms with E-state index in [-0.39, 0.29) is 21.2 Å². The number of rotatable bonds is 3. The molecule has 2 nitrogen and oxygen atoms in total. The van der Waals surface area contributed by atoms with E-state index in [9.17, 15) is 13.9 Å². The molecule has 1 unspecified atom stereocenters. The maximum atomic E-state index is 14.1. The van der Waals surface area contributed by atoms with Gasteiger partial charge in [-0.05, 0) is 24.6 Å². The highest BCUT2D eigenvalue weighted by molar-refractivity contribution is 6.34. The molecule has 112 valence electrons. The Bertz CT molecular complexity index is 690. The lowest BCUT2D eigenvalue weighted by Gasteiger charge is -2.17. The summed E-state index contributed by atoms with van der Waals surface area (Å²) in [7, 11) is 1.41. The van der Waals surface area contributed by atoms with Crippen molar-refractivity contribution in [1.29, 1.82) is 0 Å². The van der Waals surface area contributed by atoms with Crippen LogP contribution < -0.4 is 4.74 Å². The van der Waals surface area contributed by atoms with Crippen LogP contribution in [0, 0.1) is 18.6 Å². The summed E-state index contributed by atoms with van der Waals surface area (Å²) in [5.74, 6) is -1.36. The number of ether oxygens (including phenoxy) is 1. The van der Waals surface area contributed by atoms with E-state index in [2.05, 4.69) is 0 Å². The molecule has 1 atom stereocenters. The van der Waals surface area contributed by atoms with Crippen LogP contribution in [0.1, 0.15) is 22.8 Å². The van der Waals surface area contributed by atoms with Gasteiger partial charge in [0.15, 0.2) is 0 Å². The number of aryl methyl sites for hydroxylation is 1. The summed E-state index contributed by atoms with van der Waals surface area (Å²) in [6, 6.07) is 5.10. The Hall–Kier alpha value is -1.36. The maximum absolute atomic E-state index is 14.1. The smallest absolute Gasteiger partial charge is 0.138 e. The molecule has 1 N–H and O–H groups in total. The van der Waals surface area contributed by atoms with E-state index in [0.717, 1.165) is 6.07 Å². The average Bonchev–Trinajstić information content (AvgIpc) is 2.45. The first-order valence-electron chi connectivity index (χ1n) is 6.02. The number of hydrogen-bond donors (Lipinski definition) is 1. The lowest BCUT2D eigenvalue weighted by atomic mass is 9.98. The van der Waals surface area contributed by atoms with E-state index >= 15 is 0 Å². The number of halogens is 4. The third kappa shape index (κ3) is 2.98. The Balaban J connectivity index is 2.58. The maximum Gasteiger partial charge on any atom is 0.138 e. The van der Waals surface area contributed by atoms with Gasteiger partial charge in [-0.15, -0.1) is 0 Å². The second-order valence-corrected chi connectivity index (χ2v) is 5.32.